The number of hydrogen-bond acceptors (Lipinski definition) is 3. The fourth-order valence-corrected chi connectivity index (χ4v) is 5.89. The van der Waals surface area contributed by atoms with Gasteiger partial charge in [0.15, 0.2) is 0 Å². The summed E-state index contributed by atoms with van der Waals surface area (Å²) in [6.45, 7) is 8.52. The summed E-state index contributed by atoms with van der Waals surface area (Å²) >= 11 is 0. The number of hydrogen-bond donors (Lipinski definition) is 3. The fourth-order valence-electron chi connectivity index (χ4n) is 5.89. The van der Waals surface area contributed by atoms with E-state index < -0.39 is 6.10 Å². The number of aliphatic hydroxyl groups excluding tert-OH is 3. The lowest BCUT2D eigenvalue weighted by molar-refractivity contribution is -0.0720. The molecule has 0 aliphatic heterocycles. The Bertz CT molecular complexity index is 448. The molecule has 0 radical (unpaired) electrons. The molecule has 23 heavy (non-hydrogen) atoms. The quantitative estimate of drug-likeness (QED) is 0.600. The van der Waals surface area contributed by atoms with Gasteiger partial charge in [-0.3, -0.25) is 0 Å². The summed E-state index contributed by atoms with van der Waals surface area (Å²) in [5, 5.41) is 31.8. The summed E-state index contributed by atoms with van der Waals surface area (Å²) in [7, 11) is 0. The van der Waals surface area contributed by atoms with Gasteiger partial charge in [-0.05, 0) is 79.6 Å². The zero-order chi connectivity index (χ0) is 16.8. The molecule has 3 saturated carbocycles. The molecule has 3 aliphatic rings. The van der Waals surface area contributed by atoms with E-state index in [4.69, 9.17) is 0 Å². The summed E-state index contributed by atoms with van der Waals surface area (Å²) in [6.07, 6.45) is 6.77. The van der Waals surface area contributed by atoms with Gasteiger partial charge in [0.25, 0.3) is 0 Å². The van der Waals surface area contributed by atoms with Crippen LogP contribution in [0, 0.1) is 29.1 Å². The molecule has 0 heterocycles. The monoisotopic (exact) mass is 322 g/mol. The van der Waals surface area contributed by atoms with E-state index in [2.05, 4.69) is 20.4 Å². The Morgan fingerprint density at radius 3 is 2.52 bits per heavy atom. The summed E-state index contributed by atoms with van der Waals surface area (Å²) in [5.41, 5.74) is 0.863. The van der Waals surface area contributed by atoms with Crippen molar-refractivity contribution in [3.63, 3.8) is 0 Å². The van der Waals surface area contributed by atoms with Crippen LogP contribution in [0.4, 0.5) is 0 Å². The summed E-state index contributed by atoms with van der Waals surface area (Å²) in [6, 6.07) is 0. The molecule has 0 aromatic rings. The van der Waals surface area contributed by atoms with Crippen molar-refractivity contribution in [2.75, 3.05) is 0 Å². The molecule has 0 amide bonds. The van der Waals surface area contributed by atoms with Crippen LogP contribution in [0.2, 0.25) is 0 Å². The molecule has 0 aromatic carbocycles. The van der Waals surface area contributed by atoms with Crippen molar-refractivity contribution in [3.8, 4) is 0 Å². The second-order valence-corrected chi connectivity index (χ2v) is 8.82. The van der Waals surface area contributed by atoms with Gasteiger partial charge >= 0.3 is 0 Å². The van der Waals surface area contributed by atoms with Gasteiger partial charge < -0.3 is 15.3 Å². The molecule has 3 N–H and O–H groups in total. The van der Waals surface area contributed by atoms with Crippen molar-refractivity contribution in [1.82, 2.24) is 0 Å². The van der Waals surface area contributed by atoms with Crippen LogP contribution in [-0.2, 0) is 0 Å². The number of fused-ring (bicyclic) bond motifs is 3. The first kappa shape index (κ1) is 17.4. The van der Waals surface area contributed by atoms with Crippen LogP contribution >= 0.6 is 0 Å². The maximum Gasteiger partial charge on any atom is 0.0783 e. The van der Waals surface area contributed by atoms with Gasteiger partial charge in [0.2, 0.25) is 0 Å². The van der Waals surface area contributed by atoms with E-state index >= 15 is 0 Å². The molecule has 8 atom stereocenters. The molecule has 0 bridgehead atoms. The van der Waals surface area contributed by atoms with Gasteiger partial charge in [0, 0.05) is 0 Å². The Kier molecular flexibility index (Phi) is 4.93. The minimum absolute atomic E-state index is 0.0324. The highest BCUT2D eigenvalue weighted by molar-refractivity contribution is 5.14. The third-order valence-electron chi connectivity index (χ3n) is 7.54. The summed E-state index contributed by atoms with van der Waals surface area (Å²) in [5.74, 6) is 1.29. The van der Waals surface area contributed by atoms with E-state index in [1.807, 2.05) is 0 Å². The molecule has 0 unspecified atom stereocenters. The summed E-state index contributed by atoms with van der Waals surface area (Å²) < 4.78 is 0. The van der Waals surface area contributed by atoms with E-state index in [0.717, 1.165) is 50.5 Å². The molecule has 0 spiro atoms. The molecule has 3 fully saturated rings. The molecule has 3 heteroatoms. The molecule has 0 saturated heterocycles. The third kappa shape index (κ3) is 3.01. The van der Waals surface area contributed by atoms with Gasteiger partial charge in [-0.25, -0.2) is 0 Å². The molecular weight excluding hydrogens is 288 g/mol. The first-order chi connectivity index (χ1) is 10.8. The highest BCUT2D eigenvalue weighted by atomic mass is 16.3. The molecular formula is C20H34O3. The van der Waals surface area contributed by atoms with Crippen molar-refractivity contribution in [2.45, 2.75) is 83.5 Å². The zero-order valence-corrected chi connectivity index (χ0v) is 14.7. The van der Waals surface area contributed by atoms with E-state index in [1.54, 1.807) is 0 Å². The lowest BCUT2D eigenvalue weighted by Gasteiger charge is -2.50. The SMILES string of the molecule is C=C1[C@@H](C)C[C@H](O)CCC[C@H]2CC[C@]3(C)[C@@H](O)CC[C@H]3[C@@H]2[C@H]1O. The van der Waals surface area contributed by atoms with Crippen molar-refractivity contribution < 1.29 is 15.3 Å². The Labute approximate surface area is 140 Å². The van der Waals surface area contributed by atoms with Gasteiger partial charge in [-0.1, -0.05) is 26.8 Å². The molecule has 3 rings (SSSR count). The Morgan fingerprint density at radius 2 is 1.78 bits per heavy atom. The highest BCUT2D eigenvalue weighted by Crippen LogP contribution is 2.58. The van der Waals surface area contributed by atoms with Crippen molar-refractivity contribution in [3.05, 3.63) is 12.2 Å². The smallest absolute Gasteiger partial charge is 0.0783 e. The van der Waals surface area contributed by atoms with Gasteiger partial charge in [0.1, 0.15) is 0 Å². The van der Waals surface area contributed by atoms with E-state index in [9.17, 15) is 15.3 Å². The molecule has 3 aliphatic carbocycles. The van der Waals surface area contributed by atoms with Crippen molar-refractivity contribution in [2.24, 2.45) is 29.1 Å². The van der Waals surface area contributed by atoms with Crippen LogP contribution in [0.15, 0.2) is 12.2 Å². The van der Waals surface area contributed by atoms with Crippen LogP contribution in [0.5, 0.6) is 0 Å². The van der Waals surface area contributed by atoms with Crippen molar-refractivity contribution >= 4 is 0 Å². The minimum Gasteiger partial charge on any atom is -0.393 e. The van der Waals surface area contributed by atoms with E-state index in [-0.39, 0.29) is 29.5 Å². The largest absolute Gasteiger partial charge is 0.393 e. The average Bonchev–Trinajstić information content (AvgIpc) is 2.81. The predicted molar refractivity (Wildman–Crippen MR) is 91.8 cm³/mol. The Morgan fingerprint density at radius 1 is 1.04 bits per heavy atom. The lowest BCUT2D eigenvalue weighted by Crippen LogP contribution is -2.48. The maximum atomic E-state index is 11.1. The molecule has 3 nitrogen and oxygen atoms in total. The number of aliphatic hydroxyl groups is 3. The predicted octanol–water partition coefficient (Wildman–Crippen LogP) is 3.28. The molecule has 0 aromatic heterocycles. The fraction of sp³-hybridized carbons (Fsp3) is 0.900. The lowest BCUT2D eigenvalue weighted by atomic mass is 9.56. The van der Waals surface area contributed by atoms with Crippen LogP contribution in [0.25, 0.3) is 0 Å². The standard InChI is InChI=1S/C20H34O3/c1-12-11-15(21)6-4-5-14-9-10-20(3)16(7-8-17(20)22)18(14)19(23)13(12)2/h12,14-19,21-23H,2,4-11H2,1,3H3/t12-,14-,15+,16-,17-,18+,19-,20-/m0/s1. The second-order valence-electron chi connectivity index (χ2n) is 8.82. The van der Waals surface area contributed by atoms with E-state index in [0.29, 0.717) is 18.3 Å². The first-order valence-electron chi connectivity index (χ1n) is 9.57. The van der Waals surface area contributed by atoms with Gasteiger partial charge in [0.05, 0.1) is 18.3 Å². The van der Waals surface area contributed by atoms with Crippen LogP contribution in [0.1, 0.15) is 65.2 Å². The third-order valence-corrected chi connectivity index (χ3v) is 7.54. The number of rotatable bonds is 0. The van der Waals surface area contributed by atoms with Crippen molar-refractivity contribution in [1.29, 1.82) is 0 Å². The topological polar surface area (TPSA) is 60.7 Å². The summed E-state index contributed by atoms with van der Waals surface area (Å²) in [4.78, 5) is 0. The molecule has 132 valence electrons. The highest BCUT2D eigenvalue weighted by Gasteiger charge is 2.55. The van der Waals surface area contributed by atoms with Crippen LogP contribution in [-0.4, -0.2) is 33.6 Å². The first-order valence-corrected chi connectivity index (χ1v) is 9.57. The average molecular weight is 322 g/mol. The van der Waals surface area contributed by atoms with E-state index in [1.165, 1.54) is 0 Å². The Hall–Kier alpha value is -0.380. The maximum absolute atomic E-state index is 11.1. The second kappa shape index (κ2) is 6.50. The van der Waals surface area contributed by atoms with Crippen LogP contribution in [0.3, 0.4) is 0 Å². The normalized spacial score (nSPS) is 51.9. The zero-order valence-electron chi connectivity index (χ0n) is 14.7. The Balaban J connectivity index is 1.89. The van der Waals surface area contributed by atoms with Gasteiger partial charge in [-0.15, -0.1) is 0 Å². The minimum atomic E-state index is -0.491. The van der Waals surface area contributed by atoms with Gasteiger partial charge in [-0.2, -0.15) is 0 Å². The van der Waals surface area contributed by atoms with Crippen LogP contribution < -0.4 is 0 Å².